The smallest absolute Gasteiger partial charge is 0.361 e. The zero-order valence-electron chi connectivity index (χ0n) is 17.1. The monoisotopic (exact) mass is 454 g/mol. The number of ether oxygens (including phenoxy) is 1. The van der Waals surface area contributed by atoms with Crippen LogP contribution in [0.15, 0.2) is 15.8 Å². The highest BCUT2D eigenvalue weighted by Crippen LogP contribution is 2.59. The zero-order chi connectivity index (χ0) is 23.1. The highest BCUT2D eigenvalue weighted by atomic mass is 31.2. The van der Waals surface area contributed by atoms with Crippen LogP contribution in [0.5, 0.6) is 0 Å². The van der Waals surface area contributed by atoms with Crippen molar-refractivity contribution in [2.24, 2.45) is 7.05 Å². The Kier molecular flexibility index (Phi) is 7.14. The standard InChI is InChI=1S/C17H28FN2O9P/c1-5-16(3,25)30(26,27)29-17(18,6-2)7-10-11(21)12(22)13(28-10)9-8-19-15(24)20(4)14(9)23/h8,10-13,21-22,25H,5-7H2,1-4H3,(H,19,24)(H,26,27)/t10-,11-,12-,13+,16?,17?/m1/s1. The second-order valence-corrected chi connectivity index (χ2v) is 9.80. The van der Waals surface area contributed by atoms with Gasteiger partial charge in [-0.3, -0.25) is 18.5 Å². The number of aromatic amines is 1. The summed E-state index contributed by atoms with van der Waals surface area (Å²) >= 11 is 0. The predicted molar refractivity (Wildman–Crippen MR) is 103 cm³/mol. The topological polar surface area (TPSA) is 171 Å². The molecule has 0 bridgehead atoms. The number of aliphatic hydroxyl groups excluding tert-OH is 2. The van der Waals surface area contributed by atoms with Crippen molar-refractivity contribution in [3.63, 3.8) is 0 Å². The van der Waals surface area contributed by atoms with Gasteiger partial charge in [-0.15, -0.1) is 0 Å². The molecule has 2 heterocycles. The number of aromatic nitrogens is 2. The summed E-state index contributed by atoms with van der Waals surface area (Å²) in [6.07, 6.45) is -6.39. The molecule has 0 spiro atoms. The van der Waals surface area contributed by atoms with E-state index in [1.165, 1.54) is 20.9 Å². The van der Waals surface area contributed by atoms with Crippen LogP contribution in [-0.4, -0.2) is 59.3 Å². The van der Waals surface area contributed by atoms with Gasteiger partial charge in [0.1, 0.15) is 18.3 Å². The third kappa shape index (κ3) is 4.59. The van der Waals surface area contributed by atoms with Gasteiger partial charge in [-0.25, -0.2) is 9.18 Å². The van der Waals surface area contributed by atoms with Crippen LogP contribution in [0.1, 0.15) is 51.7 Å². The number of halogens is 1. The van der Waals surface area contributed by atoms with E-state index in [-0.39, 0.29) is 12.0 Å². The Bertz CT molecular complexity index is 933. The van der Waals surface area contributed by atoms with Gasteiger partial charge < -0.3 is 29.9 Å². The summed E-state index contributed by atoms with van der Waals surface area (Å²) in [5, 5.41) is 28.5. The molecule has 1 aromatic heterocycles. The van der Waals surface area contributed by atoms with Crippen LogP contribution in [-0.2, 0) is 20.9 Å². The minimum Gasteiger partial charge on any atom is -0.388 e. The molecule has 172 valence electrons. The summed E-state index contributed by atoms with van der Waals surface area (Å²) in [5.41, 5.74) is -1.63. The molecule has 0 radical (unpaired) electrons. The second-order valence-electron chi connectivity index (χ2n) is 7.61. The summed E-state index contributed by atoms with van der Waals surface area (Å²) in [7, 11) is -3.63. The molecule has 0 aliphatic carbocycles. The first kappa shape index (κ1) is 24.9. The first-order valence-electron chi connectivity index (χ1n) is 9.45. The van der Waals surface area contributed by atoms with E-state index < -0.39 is 67.3 Å². The van der Waals surface area contributed by atoms with Crippen molar-refractivity contribution in [1.29, 1.82) is 0 Å². The molecule has 5 N–H and O–H groups in total. The number of rotatable bonds is 8. The highest BCUT2D eigenvalue weighted by Gasteiger charge is 2.52. The Morgan fingerprint density at radius 1 is 1.30 bits per heavy atom. The van der Waals surface area contributed by atoms with Crippen molar-refractivity contribution < 1.29 is 38.4 Å². The Morgan fingerprint density at radius 3 is 2.43 bits per heavy atom. The Labute approximate surface area is 171 Å². The van der Waals surface area contributed by atoms with Crippen LogP contribution >= 0.6 is 7.60 Å². The van der Waals surface area contributed by atoms with Crippen LogP contribution in [0.25, 0.3) is 0 Å². The molecule has 30 heavy (non-hydrogen) atoms. The van der Waals surface area contributed by atoms with Crippen LogP contribution in [0.4, 0.5) is 4.39 Å². The maximum absolute atomic E-state index is 15.3. The Morgan fingerprint density at radius 2 is 1.90 bits per heavy atom. The lowest BCUT2D eigenvalue weighted by Crippen LogP contribution is -2.39. The van der Waals surface area contributed by atoms with Crippen molar-refractivity contribution in [3.8, 4) is 0 Å². The van der Waals surface area contributed by atoms with Crippen LogP contribution < -0.4 is 11.2 Å². The van der Waals surface area contributed by atoms with Gasteiger partial charge in [-0.1, -0.05) is 13.8 Å². The molecule has 0 saturated carbocycles. The molecule has 1 fully saturated rings. The lowest BCUT2D eigenvalue weighted by molar-refractivity contribution is -0.128. The molecule has 11 nitrogen and oxygen atoms in total. The van der Waals surface area contributed by atoms with E-state index in [1.807, 2.05) is 0 Å². The van der Waals surface area contributed by atoms with E-state index >= 15 is 4.39 Å². The number of nitrogens with zero attached hydrogens (tertiary/aromatic N) is 1. The third-order valence-corrected chi connectivity index (χ3v) is 7.58. The number of H-pyrrole nitrogens is 1. The van der Waals surface area contributed by atoms with Gasteiger partial charge >= 0.3 is 13.3 Å². The van der Waals surface area contributed by atoms with Gasteiger partial charge in [0.05, 0.1) is 11.7 Å². The van der Waals surface area contributed by atoms with Crippen molar-refractivity contribution in [3.05, 3.63) is 32.6 Å². The van der Waals surface area contributed by atoms with Crippen LogP contribution in [0, 0.1) is 0 Å². The van der Waals surface area contributed by atoms with Gasteiger partial charge in [0.25, 0.3) is 5.56 Å². The van der Waals surface area contributed by atoms with Gasteiger partial charge in [0.15, 0.2) is 5.34 Å². The largest absolute Gasteiger partial charge is 0.388 e. The average Bonchev–Trinajstić information content (AvgIpc) is 2.93. The SMILES string of the molecule is CCC(F)(C[C@H]1O[C@@H](c2c[nH]c(=O)n(C)c2=O)[C@H](O)[C@@H]1O)OP(=O)(O)C(C)(O)CC. The molecular weight excluding hydrogens is 426 g/mol. The van der Waals surface area contributed by atoms with E-state index in [4.69, 9.17) is 9.26 Å². The number of alkyl halides is 1. The molecule has 1 aromatic rings. The number of aliphatic hydroxyl groups is 3. The summed E-state index contributed by atoms with van der Waals surface area (Å²) in [6.45, 7) is 3.79. The van der Waals surface area contributed by atoms with E-state index in [0.717, 1.165) is 17.7 Å². The van der Waals surface area contributed by atoms with Crippen molar-refractivity contribution in [2.45, 2.75) is 75.6 Å². The fourth-order valence-electron chi connectivity index (χ4n) is 3.03. The van der Waals surface area contributed by atoms with E-state index in [1.54, 1.807) is 0 Å². The molecule has 13 heteroatoms. The lowest BCUT2D eigenvalue weighted by atomic mass is 9.99. The van der Waals surface area contributed by atoms with Gasteiger partial charge in [-0.2, -0.15) is 0 Å². The number of hydrogen-bond donors (Lipinski definition) is 5. The normalized spacial score (nSPS) is 30.4. The van der Waals surface area contributed by atoms with Crippen molar-refractivity contribution in [2.75, 3.05) is 0 Å². The van der Waals surface area contributed by atoms with Crippen molar-refractivity contribution in [1.82, 2.24) is 9.55 Å². The molecule has 1 aliphatic heterocycles. The molecular formula is C17H28FN2O9P. The number of hydrogen-bond acceptors (Lipinski definition) is 8. The van der Waals surface area contributed by atoms with E-state index in [2.05, 4.69) is 4.98 Å². The molecule has 0 aromatic carbocycles. The third-order valence-electron chi connectivity index (χ3n) is 5.48. The number of nitrogens with one attached hydrogen (secondary N) is 1. The lowest BCUT2D eigenvalue weighted by Gasteiger charge is -2.34. The van der Waals surface area contributed by atoms with Crippen LogP contribution in [0.2, 0.25) is 0 Å². The predicted octanol–water partition coefficient (Wildman–Crippen LogP) is 0.0217. The fourth-order valence-corrected chi connectivity index (χ4v) is 4.27. The Balaban J connectivity index is 2.28. The first-order valence-corrected chi connectivity index (χ1v) is 11.0. The quantitative estimate of drug-likeness (QED) is 0.340. The van der Waals surface area contributed by atoms with Gasteiger partial charge in [0.2, 0.25) is 5.85 Å². The summed E-state index contributed by atoms with van der Waals surface area (Å²) in [6, 6.07) is 0. The maximum atomic E-state index is 15.3. The van der Waals surface area contributed by atoms with Gasteiger partial charge in [0, 0.05) is 26.1 Å². The molecule has 7 atom stereocenters. The maximum Gasteiger partial charge on any atom is 0.361 e. The summed E-state index contributed by atoms with van der Waals surface area (Å²) in [5.74, 6) is -2.78. The Hall–Kier alpha value is -1.40. The second kappa shape index (κ2) is 8.62. The first-order chi connectivity index (χ1) is 13.7. The average molecular weight is 454 g/mol. The van der Waals surface area contributed by atoms with E-state index in [9.17, 15) is 34.4 Å². The molecule has 0 amide bonds. The molecule has 3 unspecified atom stereocenters. The minimum absolute atomic E-state index is 0.158. The van der Waals surface area contributed by atoms with Crippen LogP contribution in [0.3, 0.4) is 0 Å². The zero-order valence-corrected chi connectivity index (χ0v) is 18.0. The van der Waals surface area contributed by atoms with E-state index in [0.29, 0.717) is 0 Å². The summed E-state index contributed by atoms with van der Waals surface area (Å²) < 4.78 is 38.7. The van der Waals surface area contributed by atoms with Gasteiger partial charge in [-0.05, 0) is 13.3 Å². The molecule has 1 saturated heterocycles. The van der Waals surface area contributed by atoms with Crippen molar-refractivity contribution >= 4 is 7.60 Å². The fraction of sp³-hybridized carbons (Fsp3) is 0.765. The molecule has 1 aliphatic rings. The summed E-state index contributed by atoms with van der Waals surface area (Å²) in [4.78, 5) is 36.1. The molecule has 2 rings (SSSR count). The minimum atomic E-state index is -4.83. The highest BCUT2D eigenvalue weighted by molar-refractivity contribution is 7.54.